The highest BCUT2D eigenvalue weighted by Crippen LogP contribution is 2.03. The van der Waals surface area contributed by atoms with Gasteiger partial charge in [0.1, 0.15) is 0 Å². The Balaban J connectivity index is 0. The highest BCUT2D eigenvalue weighted by atomic mass is 32.2. The molecule has 0 unspecified atom stereocenters. The van der Waals surface area contributed by atoms with Gasteiger partial charge in [-0.3, -0.25) is 4.55 Å². The van der Waals surface area contributed by atoms with Gasteiger partial charge in [0.15, 0.2) is 0 Å². The van der Waals surface area contributed by atoms with E-state index in [1.807, 2.05) is 13.8 Å². The molecular formula is C10H25NO5S. The molecule has 0 aromatic heterocycles. The topological polar surface area (TPSA) is 98.1 Å². The maximum absolute atomic E-state index is 10.9. The van der Waals surface area contributed by atoms with Crippen LogP contribution in [0.3, 0.4) is 0 Å². The summed E-state index contributed by atoms with van der Waals surface area (Å²) < 4.78 is 31.6. The first-order valence-electron chi connectivity index (χ1n) is 5.96. The second kappa shape index (κ2) is 12.3. The quantitative estimate of drug-likeness (QED) is 0.423. The van der Waals surface area contributed by atoms with E-state index in [1.54, 1.807) is 0 Å². The minimum atomic E-state index is -4.16. The molecule has 0 saturated carbocycles. The van der Waals surface area contributed by atoms with Crippen LogP contribution in [-0.4, -0.2) is 53.8 Å². The number of aliphatic hydroxyl groups is 2. The van der Waals surface area contributed by atoms with E-state index in [0.29, 0.717) is 25.7 Å². The second-order valence-corrected chi connectivity index (χ2v) is 4.65. The first-order valence-corrected chi connectivity index (χ1v) is 7.36. The second-order valence-electron chi connectivity index (χ2n) is 3.24. The van der Waals surface area contributed by atoms with Crippen LogP contribution in [0.1, 0.15) is 39.5 Å². The molecule has 7 heteroatoms. The number of nitrogens with zero attached hydrogens (tertiary/aromatic N) is 1. The van der Waals surface area contributed by atoms with Crippen molar-refractivity contribution < 1.29 is 23.2 Å². The summed E-state index contributed by atoms with van der Waals surface area (Å²) in [6.45, 7) is 4.42. The third kappa shape index (κ3) is 12.0. The van der Waals surface area contributed by atoms with Gasteiger partial charge < -0.3 is 10.2 Å². The number of rotatable bonds is 9. The average Bonchev–Trinajstić information content (AvgIpc) is 2.29. The van der Waals surface area contributed by atoms with Crippen molar-refractivity contribution in [3.63, 3.8) is 0 Å². The van der Waals surface area contributed by atoms with E-state index in [2.05, 4.69) is 0 Å². The molecule has 0 aliphatic rings. The summed E-state index contributed by atoms with van der Waals surface area (Å²) >= 11 is 0. The summed E-state index contributed by atoms with van der Waals surface area (Å²) in [5.74, 6) is 0. The molecule has 0 spiro atoms. The molecule has 6 nitrogen and oxygen atoms in total. The molecule has 0 aliphatic heterocycles. The summed E-state index contributed by atoms with van der Waals surface area (Å²) in [5.41, 5.74) is 0. The van der Waals surface area contributed by atoms with Crippen LogP contribution in [0.2, 0.25) is 0 Å². The molecule has 0 saturated heterocycles. The predicted molar refractivity (Wildman–Crippen MR) is 67.1 cm³/mol. The lowest BCUT2D eigenvalue weighted by Crippen LogP contribution is -2.32. The minimum Gasteiger partial charge on any atom is -0.396 e. The van der Waals surface area contributed by atoms with Gasteiger partial charge in [0.05, 0.1) is 0 Å². The van der Waals surface area contributed by atoms with Crippen molar-refractivity contribution in [2.45, 2.75) is 39.5 Å². The molecular weight excluding hydrogens is 246 g/mol. The minimum absolute atomic E-state index is 0.00988. The fourth-order valence-corrected chi connectivity index (χ4v) is 1.86. The molecule has 0 atom stereocenters. The Morgan fingerprint density at radius 2 is 1.24 bits per heavy atom. The fraction of sp³-hybridized carbons (Fsp3) is 1.00. The molecule has 0 aromatic rings. The number of unbranched alkanes of at least 4 members (excludes halogenated alkanes) is 2. The van der Waals surface area contributed by atoms with Gasteiger partial charge in [-0.2, -0.15) is 12.7 Å². The molecule has 0 rings (SSSR count). The third-order valence-electron chi connectivity index (χ3n) is 1.96. The van der Waals surface area contributed by atoms with Crippen molar-refractivity contribution in [2.75, 3.05) is 26.3 Å². The van der Waals surface area contributed by atoms with Crippen molar-refractivity contribution in [1.29, 1.82) is 0 Å². The lowest BCUT2D eigenvalue weighted by atomic mass is 10.3. The van der Waals surface area contributed by atoms with Gasteiger partial charge in [-0.25, -0.2) is 0 Å². The average molecular weight is 271 g/mol. The van der Waals surface area contributed by atoms with Crippen LogP contribution in [0, 0.1) is 0 Å². The van der Waals surface area contributed by atoms with Gasteiger partial charge in [-0.05, 0) is 25.7 Å². The van der Waals surface area contributed by atoms with E-state index in [-0.39, 0.29) is 26.3 Å². The summed E-state index contributed by atoms with van der Waals surface area (Å²) in [5, 5.41) is 17.1. The van der Waals surface area contributed by atoms with Crippen molar-refractivity contribution >= 4 is 10.3 Å². The monoisotopic (exact) mass is 271 g/mol. The summed E-state index contributed by atoms with van der Waals surface area (Å²) in [6.07, 6.45) is 2.03. The van der Waals surface area contributed by atoms with Crippen LogP contribution in [0.5, 0.6) is 0 Å². The first kappa shape index (κ1) is 19.1. The Morgan fingerprint density at radius 3 is 1.47 bits per heavy atom. The molecule has 0 aliphatic carbocycles. The Labute approximate surface area is 104 Å². The summed E-state index contributed by atoms with van der Waals surface area (Å²) in [6, 6.07) is 0. The lowest BCUT2D eigenvalue weighted by Gasteiger charge is -2.17. The van der Waals surface area contributed by atoms with Crippen LogP contribution < -0.4 is 0 Å². The van der Waals surface area contributed by atoms with Crippen molar-refractivity contribution in [1.82, 2.24) is 4.31 Å². The predicted octanol–water partition coefficient (Wildman–Crippen LogP) is 0.662. The van der Waals surface area contributed by atoms with Gasteiger partial charge in [0.2, 0.25) is 0 Å². The molecule has 0 radical (unpaired) electrons. The molecule has 0 aromatic carbocycles. The third-order valence-corrected chi connectivity index (χ3v) is 2.98. The normalized spacial score (nSPS) is 11.2. The van der Waals surface area contributed by atoms with Gasteiger partial charge in [0.25, 0.3) is 0 Å². The number of aliphatic hydroxyl groups excluding tert-OH is 2. The fourth-order valence-electron chi connectivity index (χ4n) is 1.14. The summed E-state index contributed by atoms with van der Waals surface area (Å²) in [4.78, 5) is 0. The Kier molecular flexibility index (Phi) is 13.8. The molecule has 17 heavy (non-hydrogen) atoms. The van der Waals surface area contributed by atoms with Crippen molar-refractivity contribution in [3.8, 4) is 0 Å². The number of hydrogen-bond donors (Lipinski definition) is 3. The highest BCUT2D eigenvalue weighted by Gasteiger charge is 2.17. The Morgan fingerprint density at radius 1 is 0.882 bits per heavy atom. The van der Waals surface area contributed by atoms with Crippen molar-refractivity contribution in [3.05, 3.63) is 0 Å². The van der Waals surface area contributed by atoms with E-state index in [0.717, 1.165) is 4.31 Å². The van der Waals surface area contributed by atoms with Crippen LogP contribution >= 0.6 is 0 Å². The van der Waals surface area contributed by atoms with E-state index >= 15 is 0 Å². The molecule has 0 amide bonds. The maximum atomic E-state index is 10.9. The first-order chi connectivity index (χ1) is 8.02. The Bertz CT molecular complexity index is 233. The molecule has 3 N–H and O–H groups in total. The summed E-state index contributed by atoms with van der Waals surface area (Å²) in [7, 11) is -4.16. The zero-order valence-corrected chi connectivity index (χ0v) is 11.5. The van der Waals surface area contributed by atoms with Crippen LogP contribution in [-0.2, 0) is 10.3 Å². The molecule has 0 heterocycles. The van der Waals surface area contributed by atoms with E-state index in [1.165, 1.54) is 0 Å². The van der Waals surface area contributed by atoms with Crippen LogP contribution in [0.15, 0.2) is 0 Å². The smallest absolute Gasteiger partial charge is 0.335 e. The van der Waals surface area contributed by atoms with Gasteiger partial charge in [-0.1, -0.05) is 13.8 Å². The molecule has 106 valence electrons. The zero-order chi connectivity index (χ0) is 13.7. The van der Waals surface area contributed by atoms with Gasteiger partial charge in [-0.15, -0.1) is 0 Å². The zero-order valence-electron chi connectivity index (χ0n) is 10.7. The van der Waals surface area contributed by atoms with Crippen LogP contribution in [0.25, 0.3) is 0 Å². The SMILES string of the molecule is CC.O=S(=O)(O)N(CCCCO)CCCCO. The standard InChI is InChI=1S/C8H19NO5S.C2H6/c10-7-3-1-5-9(15(12,13)14)6-2-4-8-11;1-2/h10-11H,1-8H2,(H,12,13,14);1-2H3. The van der Waals surface area contributed by atoms with E-state index < -0.39 is 10.3 Å². The van der Waals surface area contributed by atoms with E-state index in [9.17, 15) is 8.42 Å². The van der Waals surface area contributed by atoms with Gasteiger partial charge >= 0.3 is 10.3 Å². The lowest BCUT2D eigenvalue weighted by molar-refractivity contribution is 0.261. The van der Waals surface area contributed by atoms with E-state index in [4.69, 9.17) is 14.8 Å². The number of hydrogen-bond acceptors (Lipinski definition) is 4. The molecule has 0 bridgehead atoms. The van der Waals surface area contributed by atoms with Crippen LogP contribution in [0.4, 0.5) is 0 Å². The van der Waals surface area contributed by atoms with Crippen molar-refractivity contribution in [2.24, 2.45) is 0 Å². The maximum Gasteiger partial charge on any atom is 0.335 e. The highest BCUT2D eigenvalue weighted by molar-refractivity contribution is 7.83. The van der Waals surface area contributed by atoms with Gasteiger partial charge in [0, 0.05) is 26.3 Å². The largest absolute Gasteiger partial charge is 0.396 e. The molecule has 0 fully saturated rings. The Hall–Kier alpha value is -0.210.